The Bertz CT molecular complexity index is 872. The first kappa shape index (κ1) is 21.3. The summed E-state index contributed by atoms with van der Waals surface area (Å²) in [5.41, 5.74) is 5.27. The number of phenolic OH excluding ortho intramolecular Hbond substituents is 1. The first-order chi connectivity index (χ1) is 14.1. The molecule has 1 amide bonds. The second-order valence-corrected chi connectivity index (χ2v) is 8.17. The summed E-state index contributed by atoms with van der Waals surface area (Å²) >= 11 is 3.46. The summed E-state index contributed by atoms with van der Waals surface area (Å²) in [4.78, 5) is 14.8. The van der Waals surface area contributed by atoms with Crippen molar-refractivity contribution in [2.24, 2.45) is 11.0 Å². The number of carbonyl (C=O) groups is 1. The van der Waals surface area contributed by atoms with Gasteiger partial charge in [0, 0.05) is 22.5 Å². The lowest BCUT2D eigenvalue weighted by atomic mass is 9.96. The number of allylic oxidation sites excluding steroid dienone is 1. The van der Waals surface area contributed by atoms with Crippen molar-refractivity contribution in [1.82, 2.24) is 10.3 Å². The molecule has 5 nitrogen and oxygen atoms in total. The number of halogens is 1. The van der Waals surface area contributed by atoms with E-state index in [-0.39, 0.29) is 17.6 Å². The Morgan fingerprint density at radius 3 is 2.66 bits per heavy atom. The van der Waals surface area contributed by atoms with Gasteiger partial charge in [-0.3, -0.25) is 9.69 Å². The average molecular weight is 456 g/mol. The summed E-state index contributed by atoms with van der Waals surface area (Å²) in [7, 11) is 0. The van der Waals surface area contributed by atoms with Crippen LogP contribution in [0, 0.1) is 5.92 Å². The maximum absolute atomic E-state index is 12.4. The van der Waals surface area contributed by atoms with Crippen molar-refractivity contribution in [3.63, 3.8) is 0 Å². The molecule has 1 fully saturated rings. The lowest BCUT2D eigenvalue weighted by Crippen LogP contribution is -2.39. The van der Waals surface area contributed by atoms with Crippen LogP contribution in [0.5, 0.6) is 5.75 Å². The predicted octanol–water partition coefficient (Wildman–Crippen LogP) is 4.25. The highest BCUT2D eigenvalue weighted by atomic mass is 79.9. The summed E-state index contributed by atoms with van der Waals surface area (Å²) in [5, 5.41) is 14.3. The molecule has 0 atom stereocenters. The van der Waals surface area contributed by atoms with Crippen molar-refractivity contribution >= 4 is 28.1 Å². The number of likely N-dealkylation sites (tertiary alicyclic amines) is 1. The van der Waals surface area contributed by atoms with Crippen LogP contribution < -0.4 is 5.43 Å². The van der Waals surface area contributed by atoms with Crippen LogP contribution in [-0.4, -0.2) is 35.2 Å². The van der Waals surface area contributed by atoms with Gasteiger partial charge < -0.3 is 5.11 Å². The van der Waals surface area contributed by atoms with Gasteiger partial charge in [-0.15, -0.1) is 6.58 Å². The third kappa shape index (κ3) is 6.02. The predicted molar refractivity (Wildman–Crippen MR) is 120 cm³/mol. The van der Waals surface area contributed by atoms with Crippen molar-refractivity contribution in [1.29, 1.82) is 0 Å². The monoisotopic (exact) mass is 455 g/mol. The van der Waals surface area contributed by atoms with Gasteiger partial charge in [0.2, 0.25) is 5.91 Å². The van der Waals surface area contributed by atoms with Crippen LogP contribution in [0.1, 0.15) is 29.5 Å². The maximum atomic E-state index is 12.4. The molecule has 1 aliphatic rings. The van der Waals surface area contributed by atoms with E-state index in [4.69, 9.17) is 0 Å². The van der Waals surface area contributed by atoms with Gasteiger partial charge in [-0.25, -0.2) is 5.43 Å². The normalized spacial score (nSPS) is 15.5. The average Bonchev–Trinajstić information content (AvgIpc) is 2.73. The van der Waals surface area contributed by atoms with E-state index in [1.54, 1.807) is 12.1 Å². The number of aromatic hydroxyl groups is 1. The summed E-state index contributed by atoms with van der Waals surface area (Å²) < 4.78 is 1.08. The largest absolute Gasteiger partial charge is 0.507 e. The van der Waals surface area contributed by atoms with Gasteiger partial charge in [-0.1, -0.05) is 46.3 Å². The third-order valence-corrected chi connectivity index (χ3v) is 5.70. The van der Waals surface area contributed by atoms with Gasteiger partial charge in [0.25, 0.3) is 0 Å². The van der Waals surface area contributed by atoms with Crippen LogP contribution in [0.15, 0.2) is 64.7 Å². The number of benzene rings is 2. The van der Waals surface area contributed by atoms with E-state index in [9.17, 15) is 9.90 Å². The van der Waals surface area contributed by atoms with Crippen molar-refractivity contribution in [3.8, 4) is 5.75 Å². The highest BCUT2D eigenvalue weighted by Crippen LogP contribution is 2.22. The minimum Gasteiger partial charge on any atom is -0.507 e. The molecule has 2 aromatic rings. The molecule has 0 saturated carbocycles. The summed E-state index contributed by atoms with van der Waals surface area (Å²) in [5.74, 6) is 0.0759. The van der Waals surface area contributed by atoms with Crippen molar-refractivity contribution in [3.05, 3.63) is 76.3 Å². The quantitative estimate of drug-likeness (QED) is 0.372. The highest BCUT2D eigenvalue weighted by Gasteiger charge is 2.24. The van der Waals surface area contributed by atoms with Gasteiger partial charge >= 0.3 is 0 Å². The summed E-state index contributed by atoms with van der Waals surface area (Å²) in [6.45, 7) is 6.37. The summed E-state index contributed by atoms with van der Waals surface area (Å²) in [6, 6.07) is 13.8. The van der Waals surface area contributed by atoms with Gasteiger partial charge in [0.1, 0.15) is 5.75 Å². The number of amides is 1. The van der Waals surface area contributed by atoms with Crippen LogP contribution >= 0.6 is 15.9 Å². The molecule has 0 bridgehead atoms. The Kier molecular flexibility index (Phi) is 7.61. The van der Waals surface area contributed by atoms with Gasteiger partial charge in [-0.05, 0) is 61.7 Å². The van der Waals surface area contributed by atoms with E-state index in [1.165, 1.54) is 11.8 Å². The number of hydrogen-bond donors (Lipinski definition) is 2. The standard InChI is InChI=1S/C23H26BrN3O2/c1-2-4-18-5-3-6-20(22(18)28)15-25-26-23(29)19-11-13-27(14-12-19)16-17-7-9-21(24)10-8-17/h2-3,5-10,15,19,28H,1,4,11-14,16H2,(H,26,29)/b25-15-. The Morgan fingerprint density at radius 2 is 1.97 bits per heavy atom. The number of hydrogen-bond acceptors (Lipinski definition) is 4. The van der Waals surface area contributed by atoms with E-state index >= 15 is 0 Å². The number of piperidine rings is 1. The molecule has 1 heterocycles. The van der Waals surface area contributed by atoms with E-state index in [1.807, 2.05) is 12.1 Å². The molecule has 2 aromatic carbocycles. The van der Waals surface area contributed by atoms with Crippen LogP contribution in [0.3, 0.4) is 0 Å². The van der Waals surface area contributed by atoms with Crippen LogP contribution in [-0.2, 0) is 17.8 Å². The fourth-order valence-corrected chi connectivity index (χ4v) is 3.76. The second kappa shape index (κ2) is 10.4. The molecule has 152 valence electrons. The fraction of sp³-hybridized carbons (Fsp3) is 0.304. The Hall–Kier alpha value is -2.44. The van der Waals surface area contributed by atoms with Crippen molar-refractivity contribution in [2.45, 2.75) is 25.8 Å². The lowest BCUT2D eigenvalue weighted by Gasteiger charge is -2.30. The Labute approximate surface area is 180 Å². The second-order valence-electron chi connectivity index (χ2n) is 7.26. The molecule has 0 spiro atoms. The number of hydrazone groups is 1. The fourth-order valence-electron chi connectivity index (χ4n) is 3.49. The number of para-hydroxylation sites is 1. The lowest BCUT2D eigenvalue weighted by molar-refractivity contribution is -0.126. The number of nitrogens with one attached hydrogen (secondary N) is 1. The topological polar surface area (TPSA) is 64.9 Å². The molecule has 0 aromatic heterocycles. The zero-order valence-electron chi connectivity index (χ0n) is 16.4. The van der Waals surface area contributed by atoms with E-state index < -0.39 is 0 Å². The van der Waals surface area contributed by atoms with Crippen molar-refractivity contribution in [2.75, 3.05) is 13.1 Å². The minimum absolute atomic E-state index is 0.0333. The molecule has 0 radical (unpaired) electrons. The van der Waals surface area contributed by atoms with Crippen molar-refractivity contribution < 1.29 is 9.90 Å². The number of rotatable bonds is 7. The first-order valence-electron chi connectivity index (χ1n) is 9.78. The number of carbonyl (C=O) groups excluding carboxylic acids is 1. The Balaban J connectivity index is 1.47. The van der Waals surface area contributed by atoms with E-state index in [0.29, 0.717) is 12.0 Å². The molecule has 0 aliphatic carbocycles. The van der Waals surface area contributed by atoms with Gasteiger partial charge in [0.05, 0.1) is 6.21 Å². The molecule has 29 heavy (non-hydrogen) atoms. The zero-order valence-corrected chi connectivity index (χ0v) is 17.9. The molecule has 6 heteroatoms. The Morgan fingerprint density at radius 1 is 1.24 bits per heavy atom. The van der Waals surface area contributed by atoms with Crippen LogP contribution in [0.4, 0.5) is 0 Å². The number of phenols is 1. The van der Waals surface area contributed by atoms with E-state index in [0.717, 1.165) is 42.5 Å². The molecule has 2 N–H and O–H groups in total. The molecule has 0 unspecified atom stereocenters. The molecular weight excluding hydrogens is 430 g/mol. The van der Waals surface area contributed by atoms with Crippen LogP contribution in [0.25, 0.3) is 0 Å². The molecule has 1 aliphatic heterocycles. The van der Waals surface area contributed by atoms with Gasteiger partial charge in [-0.2, -0.15) is 5.10 Å². The van der Waals surface area contributed by atoms with E-state index in [2.05, 4.69) is 62.2 Å². The SMILES string of the molecule is C=CCc1cccc(/C=N\NC(=O)C2CCN(Cc3ccc(Br)cc3)CC2)c1O. The van der Waals surface area contributed by atoms with Crippen LogP contribution in [0.2, 0.25) is 0 Å². The molecular formula is C23H26BrN3O2. The highest BCUT2D eigenvalue weighted by molar-refractivity contribution is 9.10. The minimum atomic E-state index is -0.0636. The van der Waals surface area contributed by atoms with Gasteiger partial charge in [0.15, 0.2) is 0 Å². The summed E-state index contributed by atoms with van der Waals surface area (Å²) in [6.07, 6.45) is 5.44. The first-order valence-corrected chi connectivity index (χ1v) is 10.6. The molecule has 1 saturated heterocycles. The molecule has 3 rings (SSSR count). The smallest absolute Gasteiger partial charge is 0.243 e. The number of nitrogens with zero attached hydrogens (tertiary/aromatic N) is 2. The maximum Gasteiger partial charge on any atom is 0.243 e. The third-order valence-electron chi connectivity index (χ3n) is 5.17. The zero-order chi connectivity index (χ0) is 20.6.